The lowest BCUT2D eigenvalue weighted by molar-refractivity contribution is 0.336. The topological polar surface area (TPSA) is 58.6 Å². The summed E-state index contributed by atoms with van der Waals surface area (Å²) in [6.07, 6.45) is 4.67. The molecule has 0 spiro atoms. The number of rotatable bonds is 3. The van der Waals surface area contributed by atoms with Gasteiger partial charge in [-0.3, -0.25) is 4.99 Å². The van der Waals surface area contributed by atoms with Crippen LogP contribution in [0.4, 0.5) is 0 Å². The Labute approximate surface area is 128 Å². The molecule has 5 heteroatoms. The first kappa shape index (κ1) is 14.1. The summed E-state index contributed by atoms with van der Waals surface area (Å²) in [5, 5.41) is 10.6. The van der Waals surface area contributed by atoms with Crippen LogP contribution in [0.3, 0.4) is 0 Å². The van der Waals surface area contributed by atoms with Crippen molar-refractivity contribution >= 4 is 17.3 Å². The van der Waals surface area contributed by atoms with E-state index in [0.717, 1.165) is 24.1 Å². The van der Waals surface area contributed by atoms with Crippen LogP contribution in [0.1, 0.15) is 38.3 Å². The number of oxazole rings is 1. The van der Waals surface area contributed by atoms with Crippen LogP contribution < -0.4 is 0 Å². The van der Waals surface area contributed by atoms with E-state index < -0.39 is 0 Å². The molecule has 2 aromatic rings. The quantitative estimate of drug-likeness (QED) is 0.852. The van der Waals surface area contributed by atoms with E-state index in [-0.39, 0.29) is 5.95 Å². The number of aliphatic imine (C=N–C) groups is 1. The number of hydrogen-bond acceptors (Lipinski definition) is 4. The Bertz CT molecular complexity index is 655. The highest BCUT2D eigenvalue weighted by Gasteiger charge is 2.19. The largest absolute Gasteiger partial charge is 0.479 e. The maximum Gasteiger partial charge on any atom is 0.312 e. The number of hydrogen-bond donors (Lipinski definition) is 1. The lowest BCUT2D eigenvalue weighted by Crippen LogP contribution is -2.04. The van der Waals surface area contributed by atoms with Gasteiger partial charge in [-0.25, -0.2) is 4.98 Å². The van der Waals surface area contributed by atoms with Gasteiger partial charge in [-0.1, -0.05) is 24.4 Å². The smallest absolute Gasteiger partial charge is 0.312 e. The van der Waals surface area contributed by atoms with E-state index in [1.165, 1.54) is 12.8 Å². The van der Waals surface area contributed by atoms with E-state index in [2.05, 4.69) is 9.98 Å². The van der Waals surface area contributed by atoms with Crippen molar-refractivity contribution in [1.29, 1.82) is 0 Å². The number of aromatic nitrogens is 1. The predicted molar refractivity (Wildman–Crippen MR) is 83.1 cm³/mol. The number of nitrogens with zero attached hydrogens (tertiary/aromatic N) is 2. The Balaban J connectivity index is 1.88. The minimum atomic E-state index is -0.181. The van der Waals surface area contributed by atoms with Crippen LogP contribution in [0.5, 0.6) is 5.95 Å². The summed E-state index contributed by atoms with van der Waals surface area (Å²) in [5.74, 6) is 0.194. The Morgan fingerprint density at radius 1 is 1.29 bits per heavy atom. The molecule has 0 amide bonds. The summed E-state index contributed by atoms with van der Waals surface area (Å²) < 4.78 is 5.35. The molecule has 0 bridgehead atoms. The van der Waals surface area contributed by atoms with E-state index in [9.17, 15) is 5.11 Å². The highest BCUT2D eigenvalue weighted by atomic mass is 35.5. The van der Waals surface area contributed by atoms with Crippen molar-refractivity contribution in [2.45, 2.75) is 38.6 Å². The van der Waals surface area contributed by atoms with E-state index in [1.807, 2.05) is 6.92 Å². The zero-order chi connectivity index (χ0) is 14.8. The van der Waals surface area contributed by atoms with Gasteiger partial charge in [-0.15, -0.1) is 0 Å². The van der Waals surface area contributed by atoms with Crippen molar-refractivity contribution in [3.8, 4) is 17.4 Å². The molecule has 1 heterocycles. The molecule has 0 unspecified atom stereocenters. The van der Waals surface area contributed by atoms with Crippen LogP contribution in [-0.4, -0.2) is 21.8 Å². The summed E-state index contributed by atoms with van der Waals surface area (Å²) in [4.78, 5) is 9.00. The third kappa shape index (κ3) is 3.10. The highest BCUT2D eigenvalue weighted by molar-refractivity contribution is 6.30. The van der Waals surface area contributed by atoms with Crippen molar-refractivity contribution in [3.63, 3.8) is 0 Å². The second-order valence-corrected chi connectivity index (χ2v) is 5.77. The fourth-order valence-electron chi connectivity index (χ4n) is 2.63. The molecule has 0 saturated heterocycles. The van der Waals surface area contributed by atoms with Crippen LogP contribution >= 0.6 is 11.6 Å². The molecule has 1 aliphatic carbocycles. The van der Waals surface area contributed by atoms with Gasteiger partial charge in [0.1, 0.15) is 0 Å². The van der Waals surface area contributed by atoms with Crippen LogP contribution in [-0.2, 0) is 0 Å². The average Bonchev–Trinajstić information content (AvgIpc) is 3.09. The maximum absolute atomic E-state index is 9.96. The second kappa shape index (κ2) is 5.90. The first-order valence-electron chi connectivity index (χ1n) is 7.14. The molecule has 1 aromatic carbocycles. The summed E-state index contributed by atoms with van der Waals surface area (Å²) in [6, 6.07) is 7.48. The molecular weight excluding hydrogens is 288 g/mol. The summed E-state index contributed by atoms with van der Waals surface area (Å²) >= 11 is 5.86. The van der Waals surface area contributed by atoms with Gasteiger partial charge in [0.15, 0.2) is 5.69 Å². The van der Waals surface area contributed by atoms with Gasteiger partial charge < -0.3 is 9.52 Å². The van der Waals surface area contributed by atoms with Crippen molar-refractivity contribution in [1.82, 2.24) is 4.98 Å². The lowest BCUT2D eigenvalue weighted by atomic mass is 10.2. The maximum atomic E-state index is 9.96. The molecule has 1 aromatic heterocycles. The Hall–Kier alpha value is -1.81. The van der Waals surface area contributed by atoms with Crippen LogP contribution in [0.15, 0.2) is 33.7 Å². The van der Waals surface area contributed by atoms with Crippen LogP contribution in [0.25, 0.3) is 11.5 Å². The molecule has 1 N–H and O–H groups in total. The SMILES string of the molecule is CC(=NC1CCCC1)c1nc(-c2ccc(Cl)cc2)oc1O. The van der Waals surface area contributed by atoms with Crippen LogP contribution in [0, 0.1) is 0 Å². The average molecular weight is 305 g/mol. The minimum absolute atomic E-state index is 0.181. The van der Waals surface area contributed by atoms with Crippen molar-refractivity contribution in [2.24, 2.45) is 4.99 Å². The third-order valence-corrected chi connectivity index (χ3v) is 4.00. The molecule has 1 fully saturated rings. The highest BCUT2D eigenvalue weighted by Crippen LogP contribution is 2.29. The normalized spacial score (nSPS) is 16.6. The van der Waals surface area contributed by atoms with E-state index in [4.69, 9.17) is 16.0 Å². The van der Waals surface area contributed by atoms with E-state index >= 15 is 0 Å². The molecule has 0 aliphatic heterocycles. The van der Waals surface area contributed by atoms with Crippen molar-refractivity contribution in [3.05, 3.63) is 35.0 Å². The standard InChI is InChI=1S/C16H17ClN2O2/c1-10(18-13-4-2-3-5-13)14-16(20)21-15(19-14)11-6-8-12(17)9-7-11/h6-9,13,20H,2-5H2,1H3. The fourth-order valence-corrected chi connectivity index (χ4v) is 2.76. The Morgan fingerprint density at radius 2 is 1.95 bits per heavy atom. The number of benzene rings is 1. The summed E-state index contributed by atoms with van der Waals surface area (Å²) in [6.45, 7) is 1.86. The minimum Gasteiger partial charge on any atom is -0.479 e. The Kier molecular flexibility index (Phi) is 3.97. The van der Waals surface area contributed by atoms with Gasteiger partial charge in [-0.2, -0.15) is 0 Å². The molecule has 0 atom stereocenters. The lowest BCUT2D eigenvalue weighted by Gasteiger charge is -2.03. The van der Waals surface area contributed by atoms with E-state index in [1.54, 1.807) is 24.3 Å². The van der Waals surface area contributed by atoms with Gasteiger partial charge in [0, 0.05) is 10.6 Å². The van der Waals surface area contributed by atoms with Crippen molar-refractivity contribution in [2.75, 3.05) is 0 Å². The number of aromatic hydroxyl groups is 1. The molecular formula is C16H17ClN2O2. The summed E-state index contributed by atoms with van der Waals surface area (Å²) in [5.41, 5.74) is 1.92. The van der Waals surface area contributed by atoms with E-state index in [0.29, 0.717) is 22.6 Å². The molecule has 4 nitrogen and oxygen atoms in total. The molecule has 110 valence electrons. The molecule has 1 saturated carbocycles. The fraction of sp³-hybridized carbons (Fsp3) is 0.375. The third-order valence-electron chi connectivity index (χ3n) is 3.74. The van der Waals surface area contributed by atoms with Crippen LogP contribution in [0.2, 0.25) is 5.02 Å². The Morgan fingerprint density at radius 3 is 2.62 bits per heavy atom. The van der Waals surface area contributed by atoms with Gasteiger partial charge in [0.2, 0.25) is 5.89 Å². The monoisotopic (exact) mass is 304 g/mol. The summed E-state index contributed by atoms with van der Waals surface area (Å²) in [7, 11) is 0. The van der Waals surface area contributed by atoms with Gasteiger partial charge in [0.05, 0.1) is 11.8 Å². The van der Waals surface area contributed by atoms with Crippen molar-refractivity contribution < 1.29 is 9.52 Å². The second-order valence-electron chi connectivity index (χ2n) is 5.33. The molecule has 0 radical (unpaired) electrons. The van der Waals surface area contributed by atoms with Gasteiger partial charge >= 0.3 is 5.95 Å². The predicted octanol–water partition coefficient (Wildman–Crippen LogP) is 4.45. The van der Waals surface area contributed by atoms with Gasteiger partial charge in [-0.05, 0) is 44.0 Å². The molecule has 21 heavy (non-hydrogen) atoms. The molecule has 3 rings (SSSR count). The zero-order valence-corrected chi connectivity index (χ0v) is 12.6. The first-order chi connectivity index (χ1) is 10.1. The number of halogens is 1. The van der Waals surface area contributed by atoms with Gasteiger partial charge in [0.25, 0.3) is 0 Å². The molecule has 1 aliphatic rings. The first-order valence-corrected chi connectivity index (χ1v) is 7.52. The zero-order valence-electron chi connectivity index (χ0n) is 11.8.